The number of benzene rings is 3. The third-order valence-corrected chi connectivity index (χ3v) is 7.19. The first kappa shape index (κ1) is 23.1. The number of nitrogens with one attached hydrogen (secondary N) is 1. The SMILES string of the molecule is N#CC1(c2ccc(C(O)C(O)CCNC(=O)OCC3c4ccccc4-c4ccccc43)cc2)CC1. The summed E-state index contributed by atoms with van der Waals surface area (Å²) in [5, 5.41) is 32.9. The van der Waals surface area contributed by atoms with Crippen molar-refractivity contribution in [3.05, 3.63) is 95.1 Å². The Morgan fingerprint density at radius 2 is 1.60 bits per heavy atom. The van der Waals surface area contributed by atoms with E-state index in [0.29, 0.717) is 5.56 Å². The summed E-state index contributed by atoms with van der Waals surface area (Å²) in [6.07, 6.45) is -0.782. The number of hydrogen-bond donors (Lipinski definition) is 3. The fourth-order valence-corrected chi connectivity index (χ4v) is 4.94. The first-order valence-electron chi connectivity index (χ1n) is 12.0. The average Bonchev–Trinajstić information content (AvgIpc) is 3.64. The van der Waals surface area contributed by atoms with Crippen LogP contribution in [0.2, 0.25) is 0 Å². The normalized spacial score (nSPS) is 16.9. The zero-order chi connectivity index (χ0) is 24.4. The van der Waals surface area contributed by atoms with E-state index in [9.17, 15) is 20.3 Å². The van der Waals surface area contributed by atoms with Gasteiger partial charge in [-0.15, -0.1) is 0 Å². The van der Waals surface area contributed by atoms with Crippen LogP contribution in [0.4, 0.5) is 4.79 Å². The van der Waals surface area contributed by atoms with Crippen molar-refractivity contribution in [1.82, 2.24) is 5.32 Å². The summed E-state index contributed by atoms with van der Waals surface area (Å²) in [5.74, 6) is -0.0145. The second kappa shape index (κ2) is 9.53. The number of carbonyl (C=O) groups excluding carboxylic acids is 1. The number of nitrogens with zero attached hydrogens (tertiary/aromatic N) is 1. The Morgan fingerprint density at radius 3 is 2.17 bits per heavy atom. The van der Waals surface area contributed by atoms with E-state index in [0.717, 1.165) is 29.5 Å². The van der Waals surface area contributed by atoms with Gasteiger partial charge in [-0.1, -0.05) is 72.8 Å². The Hall–Kier alpha value is -3.66. The molecule has 6 heteroatoms. The summed E-state index contributed by atoms with van der Waals surface area (Å²) < 4.78 is 5.51. The summed E-state index contributed by atoms with van der Waals surface area (Å²) in [5.41, 5.74) is 5.78. The van der Waals surface area contributed by atoms with E-state index in [2.05, 4.69) is 35.7 Å². The van der Waals surface area contributed by atoms with Crippen molar-refractivity contribution in [2.24, 2.45) is 0 Å². The Morgan fingerprint density at radius 1 is 1.00 bits per heavy atom. The van der Waals surface area contributed by atoms with Gasteiger partial charge in [-0.2, -0.15) is 5.26 Å². The van der Waals surface area contributed by atoms with Gasteiger partial charge in [0.05, 0.1) is 17.6 Å². The topological polar surface area (TPSA) is 103 Å². The van der Waals surface area contributed by atoms with Crippen molar-refractivity contribution in [1.29, 1.82) is 5.26 Å². The molecule has 0 heterocycles. The number of alkyl carbamates (subject to hydrolysis) is 1. The molecule has 3 aromatic rings. The fourth-order valence-electron chi connectivity index (χ4n) is 4.94. The number of ether oxygens (including phenoxy) is 1. The number of rotatable bonds is 8. The van der Waals surface area contributed by atoms with Crippen LogP contribution in [0, 0.1) is 11.3 Å². The highest BCUT2D eigenvalue weighted by atomic mass is 16.5. The van der Waals surface area contributed by atoms with E-state index in [-0.39, 0.29) is 30.9 Å². The van der Waals surface area contributed by atoms with E-state index in [4.69, 9.17) is 4.74 Å². The first-order chi connectivity index (χ1) is 17.0. The molecule has 35 heavy (non-hydrogen) atoms. The molecule has 2 atom stereocenters. The molecule has 0 saturated heterocycles. The van der Waals surface area contributed by atoms with E-state index < -0.39 is 18.3 Å². The first-order valence-corrected chi connectivity index (χ1v) is 12.0. The van der Waals surface area contributed by atoms with E-state index in [1.807, 2.05) is 36.4 Å². The number of aliphatic hydroxyl groups excluding tert-OH is 2. The minimum Gasteiger partial charge on any atom is -0.449 e. The highest BCUT2D eigenvalue weighted by Crippen LogP contribution is 2.47. The second-order valence-electron chi connectivity index (χ2n) is 9.37. The predicted octanol–water partition coefficient (Wildman–Crippen LogP) is 4.56. The zero-order valence-corrected chi connectivity index (χ0v) is 19.4. The van der Waals surface area contributed by atoms with Gasteiger partial charge in [-0.3, -0.25) is 0 Å². The standard InChI is InChI=1S/C29H28N2O4/c30-18-29(14-15-29)20-11-9-19(10-12-20)27(33)26(32)13-16-31-28(34)35-17-25-23-7-3-1-5-21(23)22-6-2-4-8-24(22)25/h1-12,25-27,32-33H,13-17H2,(H,31,34). The molecule has 5 rings (SSSR count). The van der Waals surface area contributed by atoms with Crippen molar-refractivity contribution in [3.63, 3.8) is 0 Å². The smallest absolute Gasteiger partial charge is 0.407 e. The van der Waals surface area contributed by atoms with E-state index in [1.54, 1.807) is 12.1 Å². The third-order valence-electron chi connectivity index (χ3n) is 7.19. The maximum absolute atomic E-state index is 12.3. The molecule has 3 N–H and O–H groups in total. The van der Waals surface area contributed by atoms with Crippen LogP contribution < -0.4 is 5.32 Å². The Labute approximate surface area is 204 Å². The quantitative estimate of drug-likeness (QED) is 0.450. The van der Waals surface area contributed by atoms with Crippen LogP contribution in [0.3, 0.4) is 0 Å². The molecule has 1 fully saturated rings. The number of carbonyl (C=O) groups is 1. The molecule has 2 aliphatic rings. The molecule has 2 aliphatic carbocycles. The molecule has 0 aromatic heterocycles. The maximum Gasteiger partial charge on any atom is 0.407 e. The van der Waals surface area contributed by atoms with Crippen LogP contribution in [0.5, 0.6) is 0 Å². The van der Waals surface area contributed by atoms with Gasteiger partial charge in [-0.25, -0.2) is 4.79 Å². The fraction of sp³-hybridized carbons (Fsp3) is 0.310. The summed E-state index contributed by atoms with van der Waals surface area (Å²) in [7, 11) is 0. The van der Waals surface area contributed by atoms with Crippen LogP contribution in [-0.2, 0) is 10.2 Å². The van der Waals surface area contributed by atoms with Crippen molar-refractivity contribution >= 4 is 6.09 Å². The molecule has 0 radical (unpaired) electrons. The number of hydrogen-bond acceptors (Lipinski definition) is 5. The largest absolute Gasteiger partial charge is 0.449 e. The van der Waals surface area contributed by atoms with Gasteiger partial charge in [0.15, 0.2) is 0 Å². The molecule has 1 amide bonds. The van der Waals surface area contributed by atoms with Crippen LogP contribution in [0.25, 0.3) is 11.1 Å². The lowest BCUT2D eigenvalue weighted by molar-refractivity contribution is 0.0136. The number of nitriles is 1. The predicted molar refractivity (Wildman–Crippen MR) is 132 cm³/mol. The molecule has 0 aliphatic heterocycles. The van der Waals surface area contributed by atoms with Gasteiger partial charge in [0.1, 0.15) is 12.7 Å². The maximum atomic E-state index is 12.3. The van der Waals surface area contributed by atoms with Crippen LogP contribution in [-0.4, -0.2) is 35.6 Å². The molecule has 0 bridgehead atoms. The minimum atomic E-state index is -1.08. The number of amides is 1. The summed E-state index contributed by atoms with van der Waals surface area (Å²) in [4.78, 5) is 12.3. The lowest BCUT2D eigenvalue weighted by atomic mass is 9.94. The molecule has 6 nitrogen and oxygen atoms in total. The lowest BCUT2D eigenvalue weighted by Crippen LogP contribution is -2.30. The van der Waals surface area contributed by atoms with Gasteiger partial charge < -0.3 is 20.3 Å². The van der Waals surface area contributed by atoms with Gasteiger partial charge >= 0.3 is 6.09 Å². The molecule has 1 saturated carbocycles. The van der Waals surface area contributed by atoms with Gasteiger partial charge in [0.2, 0.25) is 0 Å². The van der Waals surface area contributed by atoms with Gasteiger partial charge in [0, 0.05) is 12.5 Å². The van der Waals surface area contributed by atoms with Crippen molar-refractivity contribution in [2.45, 2.75) is 42.8 Å². The Kier molecular flexibility index (Phi) is 6.29. The molecular weight excluding hydrogens is 440 g/mol. The van der Waals surface area contributed by atoms with Crippen molar-refractivity contribution < 1.29 is 19.7 Å². The molecular formula is C29H28N2O4. The lowest BCUT2D eigenvalue weighted by Gasteiger charge is -2.19. The molecule has 3 aromatic carbocycles. The van der Waals surface area contributed by atoms with Gasteiger partial charge in [-0.05, 0) is 52.6 Å². The molecule has 2 unspecified atom stereocenters. The second-order valence-corrected chi connectivity index (χ2v) is 9.37. The highest BCUT2D eigenvalue weighted by molar-refractivity contribution is 5.79. The highest BCUT2D eigenvalue weighted by Gasteiger charge is 2.44. The average molecular weight is 469 g/mol. The third kappa shape index (κ3) is 4.53. The van der Waals surface area contributed by atoms with Gasteiger partial charge in [0.25, 0.3) is 0 Å². The monoisotopic (exact) mass is 468 g/mol. The number of fused-ring (bicyclic) bond motifs is 3. The van der Waals surface area contributed by atoms with Crippen LogP contribution in [0.1, 0.15) is 53.5 Å². The van der Waals surface area contributed by atoms with E-state index in [1.165, 1.54) is 11.1 Å². The summed E-state index contributed by atoms with van der Waals surface area (Å²) in [6.45, 7) is 0.395. The Bertz CT molecular complexity index is 1210. The molecule has 0 spiro atoms. The summed E-state index contributed by atoms with van der Waals surface area (Å²) >= 11 is 0. The molecule has 178 valence electrons. The zero-order valence-electron chi connectivity index (χ0n) is 19.4. The van der Waals surface area contributed by atoms with Crippen LogP contribution in [0.15, 0.2) is 72.8 Å². The Balaban J connectivity index is 1.10. The minimum absolute atomic E-state index is 0.0145. The summed E-state index contributed by atoms with van der Waals surface area (Å²) in [6, 6.07) is 25.8. The van der Waals surface area contributed by atoms with Crippen molar-refractivity contribution in [2.75, 3.05) is 13.2 Å². The number of aliphatic hydroxyl groups is 2. The van der Waals surface area contributed by atoms with E-state index >= 15 is 0 Å². The van der Waals surface area contributed by atoms with Crippen molar-refractivity contribution in [3.8, 4) is 17.2 Å². The van der Waals surface area contributed by atoms with Crippen LogP contribution >= 0.6 is 0 Å².